The van der Waals surface area contributed by atoms with E-state index in [9.17, 15) is 4.79 Å². The van der Waals surface area contributed by atoms with Crippen LogP contribution in [-0.2, 0) is 4.79 Å². The van der Waals surface area contributed by atoms with Gasteiger partial charge in [0.1, 0.15) is 0 Å². The molecule has 0 radical (unpaired) electrons. The number of rotatable bonds is 1. The summed E-state index contributed by atoms with van der Waals surface area (Å²) in [5.41, 5.74) is 0. The number of carbonyl (C=O) groups excluding carboxylic acids is 1. The maximum Gasteiger partial charge on any atom is 0.222 e. The minimum absolute atomic E-state index is 0.199. The molecular formula is C6H11NO. The van der Waals surface area contributed by atoms with Gasteiger partial charge >= 0.3 is 0 Å². The lowest BCUT2D eigenvalue weighted by atomic mass is 10.4. The summed E-state index contributed by atoms with van der Waals surface area (Å²) in [6.45, 7) is -5.10. The zero-order chi connectivity index (χ0) is 10.3. The number of hydrogen-bond acceptors (Lipinski definition) is 1. The van der Waals surface area contributed by atoms with Gasteiger partial charge in [-0.15, -0.1) is 0 Å². The first-order valence-electron chi connectivity index (χ1n) is 5.07. The standard InChI is InChI=1S/C6H11NO/c1-2-7-5-3-4-6(7)8/h2-5H2,1H3/i1D3,2D2. The van der Waals surface area contributed by atoms with Gasteiger partial charge in [-0.05, 0) is 13.3 Å². The summed E-state index contributed by atoms with van der Waals surface area (Å²) >= 11 is 0. The third kappa shape index (κ3) is 0.831. The quantitative estimate of drug-likeness (QED) is 0.494. The minimum atomic E-state index is -2.77. The Morgan fingerprint density at radius 2 is 3.00 bits per heavy atom. The summed E-state index contributed by atoms with van der Waals surface area (Å²) in [5.74, 6) is -0.416. The van der Waals surface area contributed by atoms with Crippen LogP contribution in [0.25, 0.3) is 0 Å². The molecule has 0 spiro atoms. The van der Waals surface area contributed by atoms with Gasteiger partial charge in [-0.25, -0.2) is 0 Å². The highest BCUT2D eigenvalue weighted by atomic mass is 16.2. The average molecular weight is 118 g/mol. The smallest absolute Gasteiger partial charge is 0.222 e. The van der Waals surface area contributed by atoms with Crippen LogP contribution in [-0.4, -0.2) is 23.8 Å². The second-order valence-electron chi connectivity index (χ2n) is 1.76. The fraction of sp³-hybridized carbons (Fsp3) is 0.833. The highest BCUT2D eigenvalue weighted by Crippen LogP contribution is 2.07. The van der Waals surface area contributed by atoms with E-state index in [0.29, 0.717) is 6.42 Å². The van der Waals surface area contributed by atoms with Gasteiger partial charge in [0.05, 0.1) is 0 Å². The van der Waals surface area contributed by atoms with Crippen LogP contribution in [0.1, 0.15) is 26.5 Å². The van der Waals surface area contributed by atoms with Crippen LogP contribution in [0.15, 0.2) is 0 Å². The molecule has 1 saturated heterocycles. The van der Waals surface area contributed by atoms with Crippen molar-refractivity contribution in [1.29, 1.82) is 0 Å². The van der Waals surface area contributed by atoms with E-state index in [1.54, 1.807) is 0 Å². The first kappa shape index (κ1) is 2.01. The second-order valence-corrected chi connectivity index (χ2v) is 1.76. The topological polar surface area (TPSA) is 20.3 Å². The molecule has 8 heavy (non-hydrogen) atoms. The molecule has 46 valence electrons. The number of nitrogens with zero attached hydrogens (tertiary/aromatic N) is 1. The SMILES string of the molecule is [2H]C([2H])([2H])C([2H])([2H])N1CCCC1=O. The third-order valence-corrected chi connectivity index (χ3v) is 1.21. The molecule has 0 aliphatic carbocycles. The van der Waals surface area contributed by atoms with E-state index < -0.39 is 19.3 Å². The number of amides is 1. The van der Waals surface area contributed by atoms with E-state index in [1.165, 1.54) is 0 Å². The molecule has 0 aromatic heterocycles. The van der Waals surface area contributed by atoms with Gasteiger partial charge in [-0.2, -0.15) is 0 Å². The van der Waals surface area contributed by atoms with Gasteiger partial charge in [0, 0.05) is 26.3 Å². The van der Waals surface area contributed by atoms with Crippen molar-refractivity contribution in [3.63, 3.8) is 0 Å². The first-order valence-corrected chi connectivity index (χ1v) is 2.57. The molecule has 1 amide bonds. The Bertz CT molecular complexity index is 224. The van der Waals surface area contributed by atoms with Crippen molar-refractivity contribution in [2.45, 2.75) is 19.7 Å². The molecule has 1 fully saturated rings. The van der Waals surface area contributed by atoms with Crippen molar-refractivity contribution in [3.05, 3.63) is 0 Å². The Morgan fingerprint density at radius 3 is 3.50 bits per heavy atom. The van der Waals surface area contributed by atoms with E-state index in [2.05, 4.69) is 0 Å². The molecule has 0 aromatic carbocycles. The normalized spacial score (nSPS) is 32.8. The Balaban J connectivity index is 2.86. The monoisotopic (exact) mass is 118 g/mol. The van der Waals surface area contributed by atoms with Crippen molar-refractivity contribution < 1.29 is 11.6 Å². The van der Waals surface area contributed by atoms with E-state index in [1.807, 2.05) is 0 Å². The van der Waals surface area contributed by atoms with Gasteiger partial charge in [0.2, 0.25) is 5.91 Å². The lowest BCUT2D eigenvalue weighted by Crippen LogP contribution is -2.23. The van der Waals surface area contributed by atoms with Crippen molar-refractivity contribution in [3.8, 4) is 0 Å². The molecule has 0 aromatic rings. The number of carbonyl (C=O) groups is 1. The molecule has 0 saturated carbocycles. The van der Waals surface area contributed by atoms with Crippen LogP contribution in [0.5, 0.6) is 0 Å². The maximum absolute atomic E-state index is 11.1. The van der Waals surface area contributed by atoms with E-state index in [4.69, 9.17) is 6.85 Å². The third-order valence-electron chi connectivity index (χ3n) is 1.21. The molecule has 1 aliphatic rings. The fourth-order valence-electron chi connectivity index (χ4n) is 0.766. The van der Waals surface area contributed by atoms with Crippen molar-refractivity contribution in [2.24, 2.45) is 0 Å². The van der Waals surface area contributed by atoms with Crippen molar-refractivity contribution >= 4 is 5.91 Å². The summed E-state index contributed by atoms with van der Waals surface area (Å²) in [6.07, 6.45) is 0.782. The van der Waals surface area contributed by atoms with Gasteiger partial charge in [-0.1, -0.05) is 0 Å². The van der Waals surface area contributed by atoms with Crippen LogP contribution in [0.3, 0.4) is 0 Å². The molecule has 2 nitrogen and oxygen atoms in total. The number of likely N-dealkylation sites (tertiary alicyclic amines) is 1. The Hall–Kier alpha value is -0.530. The van der Waals surface area contributed by atoms with E-state index in [0.717, 1.165) is 4.90 Å². The van der Waals surface area contributed by atoms with E-state index >= 15 is 0 Å². The Labute approximate surface area is 56.5 Å². The molecular weight excluding hydrogens is 102 g/mol. The Morgan fingerprint density at radius 1 is 2.12 bits per heavy atom. The molecule has 2 heteroatoms. The van der Waals surface area contributed by atoms with Crippen LogP contribution < -0.4 is 0 Å². The molecule has 1 aliphatic heterocycles. The van der Waals surface area contributed by atoms with Gasteiger partial charge in [0.15, 0.2) is 0 Å². The van der Waals surface area contributed by atoms with Crippen molar-refractivity contribution in [2.75, 3.05) is 13.0 Å². The minimum Gasteiger partial charge on any atom is -0.343 e. The fourth-order valence-corrected chi connectivity index (χ4v) is 0.766. The number of hydrogen-bond donors (Lipinski definition) is 0. The summed E-state index contributed by atoms with van der Waals surface area (Å²) < 4.78 is 35.5. The highest BCUT2D eigenvalue weighted by Gasteiger charge is 2.16. The summed E-state index contributed by atoms with van der Waals surface area (Å²) in [7, 11) is 0. The summed E-state index contributed by atoms with van der Waals surface area (Å²) in [5, 5.41) is 0. The predicted octanol–water partition coefficient (Wildman–Crippen LogP) is 0.629. The van der Waals surface area contributed by atoms with Crippen LogP contribution >= 0.6 is 0 Å². The van der Waals surface area contributed by atoms with Crippen molar-refractivity contribution in [1.82, 2.24) is 4.90 Å². The molecule has 0 N–H and O–H groups in total. The van der Waals surface area contributed by atoms with Crippen LogP contribution in [0.4, 0.5) is 0 Å². The largest absolute Gasteiger partial charge is 0.343 e. The molecule has 0 atom stereocenters. The average Bonchev–Trinajstić information content (AvgIpc) is 2.32. The van der Waals surface area contributed by atoms with E-state index in [-0.39, 0.29) is 13.0 Å². The second kappa shape index (κ2) is 2.16. The predicted molar refractivity (Wildman–Crippen MR) is 31.5 cm³/mol. The molecule has 0 bridgehead atoms. The van der Waals surface area contributed by atoms with Gasteiger partial charge in [0.25, 0.3) is 0 Å². The molecule has 1 rings (SSSR count). The highest BCUT2D eigenvalue weighted by molar-refractivity contribution is 5.77. The maximum atomic E-state index is 11.1. The van der Waals surface area contributed by atoms with Gasteiger partial charge in [-0.3, -0.25) is 4.79 Å². The lowest BCUT2D eigenvalue weighted by molar-refractivity contribution is -0.127. The summed E-state index contributed by atoms with van der Waals surface area (Å²) in [4.78, 5) is 11.9. The van der Waals surface area contributed by atoms with Gasteiger partial charge < -0.3 is 4.90 Å². The van der Waals surface area contributed by atoms with Crippen LogP contribution in [0, 0.1) is 0 Å². The molecule has 0 unspecified atom stereocenters. The Kier molecular flexibility index (Phi) is 0.543. The summed E-state index contributed by atoms with van der Waals surface area (Å²) in [6, 6.07) is 0. The van der Waals surface area contributed by atoms with Crippen LogP contribution in [0.2, 0.25) is 0 Å². The first-order chi connectivity index (χ1) is 5.77. The molecule has 1 heterocycles. The zero-order valence-electron chi connectivity index (χ0n) is 9.48. The zero-order valence-corrected chi connectivity index (χ0v) is 4.48. The lowest BCUT2D eigenvalue weighted by Gasteiger charge is -2.10.